The van der Waals surface area contributed by atoms with E-state index in [-0.39, 0.29) is 5.91 Å². The molecule has 22 heavy (non-hydrogen) atoms. The largest absolute Gasteiger partial charge is 0.496 e. The molecule has 0 aliphatic heterocycles. The van der Waals surface area contributed by atoms with E-state index in [0.717, 1.165) is 17.0 Å². The van der Waals surface area contributed by atoms with Gasteiger partial charge in [0.2, 0.25) is 5.91 Å². The second-order valence-corrected chi connectivity index (χ2v) is 5.23. The maximum Gasteiger partial charge on any atom is 0.225 e. The van der Waals surface area contributed by atoms with Crippen LogP contribution in [0.5, 0.6) is 5.75 Å². The molecule has 5 heteroatoms. The van der Waals surface area contributed by atoms with Crippen molar-refractivity contribution in [2.75, 3.05) is 19.0 Å². The third-order valence-corrected chi connectivity index (χ3v) is 3.42. The van der Waals surface area contributed by atoms with E-state index in [1.807, 2.05) is 24.3 Å². The average molecular weight is 319 g/mol. The Balaban J connectivity index is 1.72. The Kier molecular flexibility index (Phi) is 6.25. The zero-order chi connectivity index (χ0) is 15.8. The van der Waals surface area contributed by atoms with Gasteiger partial charge < -0.3 is 15.4 Å². The lowest BCUT2D eigenvalue weighted by Crippen LogP contribution is -2.21. The molecule has 0 heterocycles. The number of rotatable bonds is 7. The van der Waals surface area contributed by atoms with E-state index in [2.05, 4.69) is 10.6 Å². The third-order valence-electron chi connectivity index (χ3n) is 3.16. The Hall–Kier alpha value is -2.04. The number of amides is 1. The van der Waals surface area contributed by atoms with Crippen LogP contribution >= 0.6 is 11.6 Å². The summed E-state index contributed by atoms with van der Waals surface area (Å²) in [6.45, 7) is 1.26. The molecule has 2 rings (SSSR count). The highest BCUT2D eigenvalue weighted by molar-refractivity contribution is 6.30. The fourth-order valence-electron chi connectivity index (χ4n) is 2.03. The molecule has 0 fully saturated rings. The molecule has 116 valence electrons. The van der Waals surface area contributed by atoms with Gasteiger partial charge in [0.25, 0.3) is 0 Å². The molecule has 0 aliphatic rings. The van der Waals surface area contributed by atoms with Crippen molar-refractivity contribution < 1.29 is 9.53 Å². The number of carbonyl (C=O) groups is 1. The Morgan fingerprint density at radius 1 is 1.14 bits per heavy atom. The molecule has 0 bridgehead atoms. The molecule has 0 atom stereocenters. The van der Waals surface area contributed by atoms with E-state index in [0.29, 0.717) is 24.5 Å². The Labute approximate surface area is 135 Å². The number of ether oxygens (including phenoxy) is 1. The van der Waals surface area contributed by atoms with Gasteiger partial charge in [-0.05, 0) is 30.3 Å². The second-order valence-electron chi connectivity index (χ2n) is 4.79. The van der Waals surface area contributed by atoms with E-state index in [9.17, 15) is 4.79 Å². The van der Waals surface area contributed by atoms with Crippen LogP contribution in [0.3, 0.4) is 0 Å². The average Bonchev–Trinajstić information content (AvgIpc) is 2.54. The minimum atomic E-state index is -0.0325. The fourth-order valence-corrected chi connectivity index (χ4v) is 2.16. The monoisotopic (exact) mass is 318 g/mol. The third kappa shape index (κ3) is 5.06. The Morgan fingerprint density at radius 2 is 1.86 bits per heavy atom. The van der Waals surface area contributed by atoms with Crippen molar-refractivity contribution in [3.05, 3.63) is 59.1 Å². The summed E-state index contributed by atoms with van der Waals surface area (Å²) in [5.74, 6) is 0.815. The molecule has 2 aromatic rings. The number of halogens is 1. The summed E-state index contributed by atoms with van der Waals surface area (Å²) in [5, 5.41) is 6.72. The van der Waals surface area contributed by atoms with Crippen molar-refractivity contribution in [1.29, 1.82) is 0 Å². The quantitative estimate of drug-likeness (QED) is 0.769. The topological polar surface area (TPSA) is 50.4 Å². The van der Waals surface area contributed by atoms with Crippen LogP contribution in [0.15, 0.2) is 48.5 Å². The first-order valence-corrected chi connectivity index (χ1v) is 7.45. The van der Waals surface area contributed by atoms with Crippen molar-refractivity contribution >= 4 is 23.2 Å². The van der Waals surface area contributed by atoms with Gasteiger partial charge in [0.05, 0.1) is 7.11 Å². The van der Waals surface area contributed by atoms with Gasteiger partial charge in [0, 0.05) is 35.8 Å². The van der Waals surface area contributed by atoms with Gasteiger partial charge >= 0.3 is 0 Å². The predicted octanol–water partition coefficient (Wildman–Crippen LogP) is 3.47. The summed E-state index contributed by atoms with van der Waals surface area (Å²) in [7, 11) is 1.65. The Bertz CT molecular complexity index is 614. The number of carbonyl (C=O) groups excluding carboxylic acids is 1. The van der Waals surface area contributed by atoms with Crippen molar-refractivity contribution in [3.63, 3.8) is 0 Å². The maximum absolute atomic E-state index is 11.8. The first-order valence-electron chi connectivity index (χ1n) is 7.07. The van der Waals surface area contributed by atoms with Gasteiger partial charge in [0.1, 0.15) is 5.75 Å². The van der Waals surface area contributed by atoms with Crippen molar-refractivity contribution in [2.24, 2.45) is 0 Å². The predicted molar refractivity (Wildman–Crippen MR) is 89.4 cm³/mol. The summed E-state index contributed by atoms with van der Waals surface area (Å²) in [6, 6.07) is 14.9. The van der Waals surface area contributed by atoms with Crippen LogP contribution in [0.2, 0.25) is 5.02 Å². The maximum atomic E-state index is 11.8. The zero-order valence-corrected chi connectivity index (χ0v) is 13.2. The highest BCUT2D eigenvalue weighted by atomic mass is 35.5. The van der Waals surface area contributed by atoms with Crippen molar-refractivity contribution in [3.8, 4) is 5.75 Å². The number of hydrogen-bond donors (Lipinski definition) is 2. The van der Waals surface area contributed by atoms with Crippen LogP contribution in [0.4, 0.5) is 5.69 Å². The molecule has 0 radical (unpaired) electrons. The summed E-state index contributed by atoms with van der Waals surface area (Å²) >= 11 is 5.80. The van der Waals surface area contributed by atoms with Gasteiger partial charge in [-0.2, -0.15) is 0 Å². The molecular weight excluding hydrogens is 300 g/mol. The van der Waals surface area contributed by atoms with E-state index >= 15 is 0 Å². The molecule has 0 spiro atoms. The van der Waals surface area contributed by atoms with Crippen molar-refractivity contribution in [1.82, 2.24) is 5.32 Å². The number of hydrogen-bond acceptors (Lipinski definition) is 3. The van der Waals surface area contributed by atoms with Crippen LogP contribution in [-0.2, 0) is 11.3 Å². The van der Waals surface area contributed by atoms with Crippen LogP contribution < -0.4 is 15.4 Å². The van der Waals surface area contributed by atoms with Crippen LogP contribution in [0, 0.1) is 0 Å². The molecule has 2 N–H and O–H groups in total. The lowest BCUT2D eigenvalue weighted by molar-refractivity contribution is -0.116. The van der Waals surface area contributed by atoms with E-state index in [1.54, 1.807) is 31.4 Å². The molecule has 1 amide bonds. The summed E-state index contributed by atoms with van der Waals surface area (Å²) in [5.41, 5.74) is 1.82. The summed E-state index contributed by atoms with van der Waals surface area (Å²) < 4.78 is 5.28. The van der Waals surface area contributed by atoms with Gasteiger partial charge in [-0.25, -0.2) is 0 Å². The molecule has 4 nitrogen and oxygen atoms in total. The fraction of sp³-hybridized carbons (Fsp3) is 0.235. The highest BCUT2D eigenvalue weighted by Crippen LogP contribution is 2.16. The molecule has 0 aromatic heterocycles. The molecule has 0 unspecified atom stereocenters. The van der Waals surface area contributed by atoms with Gasteiger partial charge in [-0.1, -0.05) is 29.8 Å². The van der Waals surface area contributed by atoms with Crippen LogP contribution in [-0.4, -0.2) is 19.6 Å². The van der Waals surface area contributed by atoms with Gasteiger partial charge in [0.15, 0.2) is 0 Å². The molecular formula is C17H19ClN2O2. The Morgan fingerprint density at radius 3 is 2.59 bits per heavy atom. The van der Waals surface area contributed by atoms with Gasteiger partial charge in [-0.15, -0.1) is 0 Å². The SMILES string of the molecule is COc1ccccc1CNCCC(=O)Nc1ccc(Cl)cc1. The normalized spacial score (nSPS) is 10.3. The molecule has 2 aromatic carbocycles. The van der Waals surface area contributed by atoms with Gasteiger partial charge in [-0.3, -0.25) is 4.79 Å². The lowest BCUT2D eigenvalue weighted by Gasteiger charge is -2.09. The number of para-hydroxylation sites is 1. The number of anilines is 1. The smallest absolute Gasteiger partial charge is 0.225 e. The van der Waals surface area contributed by atoms with E-state index in [1.165, 1.54) is 0 Å². The van der Waals surface area contributed by atoms with E-state index < -0.39 is 0 Å². The summed E-state index contributed by atoms with van der Waals surface area (Å²) in [6.07, 6.45) is 0.401. The number of nitrogens with one attached hydrogen (secondary N) is 2. The van der Waals surface area contributed by atoms with Crippen molar-refractivity contribution in [2.45, 2.75) is 13.0 Å². The highest BCUT2D eigenvalue weighted by Gasteiger charge is 2.04. The first kappa shape index (κ1) is 16.3. The molecule has 0 aliphatic carbocycles. The minimum absolute atomic E-state index is 0.0325. The lowest BCUT2D eigenvalue weighted by atomic mass is 10.2. The second kappa shape index (κ2) is 8.41. The molecule has 0 saturated heterocycles. The minimum Gasteiger partial charge on any atom is -0.496 e. The summed E-state index contributed by atoms with van der Waals surface area (Å²) in [4.78, 5) is 11.8. The standard InChI is InChI=1S/C17H19ClN2O2/c1-22-16-5-3-2-4-13(16)12-19-11-10-17(21)20-15-8-6-14(18)7-9-15/h2-9,19H,10-12H2,1H3,(H,20,21). The molecule has 0 saturated carbocycles. The van der Waals surface area contributed by atoms with Crippen LogP contribution in [0.25, 0.3) is 0 Å². The zero-order valence-electron chi connectivity index (χ0n) is 12.4. The van der Waals surface area contributed by atoms with E-state index in [4.69, 9.17) is 16.3 Å². The number of methoxy groups -OCH3 is 1. The van der Waals surface area contributed by atoms with Crippen LogP contribution in [0.1, 0.15) is 12.0 Å². The first-order chi connectivity index (χ1) is 10.7. The number of benzene rings is 2.